The number of thiazole rings is 1. The molecule has 4 rings (SSSR count). The van der Waals surface area contributed by atoms with Gasteiger partial charge in [0.2, 0.25) is 15.9 Å². The number of amides is 2. The Morgan fingerprint density at radius 1 is 1.06 bits per heavy atom. The van der Waals surface area contributed by atoms with Gasteiger partial charge in [-0.15, -0.1) is 0 Å². The molecule has 8 nitrogen and oxygen atoms in total. The average Bonchev–Trinajstić information content (AvgIpc) is 3.54. The van der Waals surface area contributed by atoms with Gasteiger partial charge in [-0.3, -0.25) is 9.59 Å². The van der Waals surface area contributed by atoms with Gasteiger partial charge in [0.05, 0.1) is 10.6 Å². The zero-order valence-corrected chi connectivity index (χ0v) is 20.9. The van der Waals surface area contributed by atoms with Crippen LogP contribution in [0.5, 0.6) is 0 Å². The molecule has 0 spiro atoms. The standard InChI is InChI=1S/C23H24N4O4S3/c1-24-19(28)15-32-23-25-20(16-7-3-2-4-8-16)22(33-23)26-21(29)17-9-11-18(12-10-17)34(30,31)27-13-5-6-14-27/h2-4,7-12H,5-6,13-15H2,1H3,(H,24,28)(H,26,29). The zero-order valence-electron chi connectivity index (χ0n) is 18.5. The molecule has 2 amide bonds. The Kier molecular flexibility index (Phi) is 7.67. The van der Waals surface area contributed by atoms with Gasteiger partial charge in [0.15, 0.2) is 4.34 Å². The number of hydrogen-bond acceptors (Lipinski definition) is 7. The van der Waals surface area contributed by atoms with E-state index in [0.717, 1.165) is 18.4 Å². The van der Waals surface area contributed by atoms with Crippen LogP contribution in [0.3, 0.4) is 0 Å². The number of aromatic nitrogens is 1. The first-order valence-corrected chi connectivity index (χ1v) is 13.9. The van der Waals surface area contributed by atoms with Crippen LogP contribution in [0.4, 0.5) is 5.00 Å². The molecule has 0 radical (unpaired) electrons. The summed E-state index contributed by atoms with van der Waals surface area (Å²) in [5.74, 6) is -0.261. The number of thioether (sulfide) groups is 1. The molecule has 1 saturated heterocycles. The minimum Gasteiger partial charge on any atom is -0.358 e. The van der Waals surface area contributed by atoms with E-state index in [2.05, 4.69) is 15.6 Å². The minimum absolute atomic E-state index is 0.115. The number of benzene rings is 2. The van der Waals surface area contributed by atoms with Crippen LogP contribution in [0.1, 0.15) is 23.2 Å². The molecule has 2 aromatic carbocycles. The van der Waals surface area contributed by atoms with E-state index in [4.69, 9.17) is 0 Å². The smallest absolute Gasteiger partial charge is 0.256 e. The fourth-order valence-electron chi connectivity index (χ4n) is 3.47. The maximum absolute atomic E-state index is 13.0. The lowest BCUT2D eigenvalue weighted by Gasteiger charge is -2.15. The first-order chi connectivity index (χ1) is 16.4. The lowest BCUT2D eigenvalue weighted by Crippen LogP contribution is -2.27. The topological polar surface area (TPSA) is 108 Å². The van der Waals surface area contributed by atoms with E-state index in [1.54, 1.807) is 7.05 Å². The summed E-state index contributed by atoms with van der Waals surface area (Å²) in [4.78, 5) is 29.4. The van der Waals surface area contributed by atoms with E-state index in [1.807, 2.05) is 30.3 Å². The van der Waals surface area contributed by atoms with Gasteiger partial charge in [-0.2, -0.15) is 4.31 Å². The van der Waals surface area contributed by atoms with Crippen molar-refractivity contribution in [3.8, 4) is 11.3 Å². The number of carbonyl (C=O) groups is 2. The number of sulfonamides is 1. The minimum atomic E-state index is -3.54. The van der Waals surface area contributed by atoms with Crippen molar-refractivity contribution < 1.29 is 18.0 Å². The van der Waals surface area contributed by atoms with Gasteiger partial charge in [-0.25, -0.2) is 13.4 Å². The highest BCUT2D eigenvalue weighted by molar-refractivity contribution is 8.01. The van der Waals surface area contributed by atoms with Crippen molar-refractivity contribution in [2.45, 2.75) is 22.1 Å². The van der Waals surface area contributed by atoms with E-state index < -0.39 is 10.0 Å². The SMILES string of the molecule is CNC(=O)CSc1nc(-c2ccccc2)c(NC(=O)c2ccc(S(=O)(=O)N3CCCC3)cc2)s1. The molecule has 2 N–H and O–H groups in total. The highest BCUT2D eigenvalue weighted by Gasteiger charge is 2.27. The van der Waals surface area contributed by atoms with Crippen molar-refractivity contribution in [3.63, 3.8) is 0 Å². The van der Waals surface area contributed by atoms with Gasteiger partial charge in [-0.1, -0.05) is 53.4 Å². The highest BCUT2D eigenvalue weighted by Crippen LogP contribution is 2.37. The second-order valence-electron chi connectivity index (χ2n) is 7.58. The maximum atomic E-state index is 13.0. The molecule has 11 heteroatoms. The quantitative estimate of drug-likeness (QED) is 0.442. The molecule has 1 aromatic heterocycles. The van der Waals surface area contributed by atoms with E-state index in [-0.39, 0.29) is 22.5 Å². The largest absolute Gasteiger partial charge is 0.358 e. The molecule has 178 valence electrons. The van der Waals surface area contributed by atoms with Gasteiger partial charge in [0.1, 0.15) is 10.7 Å². The van der Waals surface area contributed by atoms with Gasteiger partial charge in [0, 0.05) is 31.3 Å². The number of nitrogens with one attached hydrogen (secondary N) is 2. The molecule has 1 aliphatic rings. The molecule has 0 bridgehead atoms. The summed E-state index contributed by atoms with van der Waals surface area (Å²) >= 11 is 2.59. The van der Waals surface area contributed by atoms with Crippen molar-refractivity contribution in [1.29, 1.82) is 0 Å². The van der Waals surface area contributed by atoms with Crippen LogP contribution in [-0.2, 0) is 14.8 Å². The van der Waals surface area contributed by atoms with Crippen molar-refractivity contribution in [1.82, 2.24) is 14.6 Å². The Bertz CT molecular complexity index is 1270. The van der Waals surface area contributed by atoms with Crippen molar-refractivity contribution >= 4 is 49.9 Å². The Labute approximate surface area is 206 Å². The molecule has 0 atom stereocenters. The first-order valence-electron chi connectivity index (χ1n) is 10.7. The molecule has 34 heavy (non-hydrogen) atoms. The normalized spacial score (nSPS) is 14.1. The first kappa shape index (κ1) is 24.4. The monoisotopic (exact) mass is 516 g/mol. The summed E-state index contributed by atoms with van der Waals surface area (Å²) in [6, 6.07) is 15.4. The number of rotatable bonds is 8. The predicted octanol–water partition coefficient (Wildman–Crippen LogP) is 3.69. The second kappa shape index (κ2) is 10.7. The Morgan fingerprint density at radius 3 is 2.38 bits per heavy atom. The number of anilines is 1. The third-order valence-electron chi connectivity index (χ3n) is 5.31. The number of carbonyl (C=O) groups excluding carboxylic acids is 2. The predicted molar refractivity (Wildman–Crippen MR) is 135 cm³/mol. The molecule has 3 aromatic rings. The van der Waals surface area contributed by atoms with Crippen LogP contribution in [0.2, 0.25) is 0 Å². The zero-order chi connectivity index (χ0) is 24.1. The fourth-order valence-corrected chi connectivity index (χ4v) is 6.92. The van der Waals surface area contributed by atoms with Crippen LogP contribution in [0, 0.1) is 0 Å². The third kappa shape index (κ3) is 5.49. The summed E-state index contributed by atoms with van der Waals surface area (Å²) in [5, 5.41) is 6.04. The molecule has 0 aliphatic carbocycles. The molecular weight excluding hydrogens is 492 g/mol. The fraction of sp³-hybridized carbons (Fsp3) is 0.261. The molecule has 1 aliphatic heterocycles. The van der Waals surface area contributed by atoms with E-state index in [9.17, 15) is 18.0 Å². The summed E-state index contributed by atoms with van der Waals surface area (Å²) < 4.78 is 27.6. The Hall–Kier alpha value is -2.73. The number of hydrogen-bond donors (Lipinski definition) is 2. The van der Waals surface area contributed by atoms with Crippen molar-refractivity contribution in [2.24, 2.45) is 0 Å². The van der Waals surface area contributed by atoms with E-state index in [0.29, 0.717) is 33.7 Å². The van der Waals surface area contributed by atoms with Crippen molar-refractivity contribution in [2.75, 3.05) is 31.2 Å². The van der Waals surface area contributed by atoms with Crippen LogP contribution in [0.15, 0.2) is 63.8 Å². The van der Waals surface area contributed by atoms with E-state index >= 15 is 0 Å². The number of nitrogens with zero attached hydrogens (tertiary/aromatic N) is 2. The maximum Gasteiger partial charge on any atom is 0.256 e. The summed E-state index contributed by atoms with van der Waals surface area (Å²) in [7, 11) is -1.96. The average molecular weight is 517 g/mol. The molecule has 0 saturated carbocycles. The van der Waals surface area contributed by atoms with Gasteiger partial charge < -0.3 is 10.6 Å². The van der Waals surface area contributed by atoms with Gasteiger partial charge >= 0.3 is 0 Å². The third-order valence-corrected chi connectivity index (χ3v) is 9.33. The molecule has 1 fully saturated rings. The van der Waals surface area contributed by atoms with Crippen molar-refractivity contribution in [3.05, 3.63) is 60.2 Å². The molecule has 2 heterocycles. The second-order valence-corrected chi connectivity index (χ2v) is 11.7. The molecule has 0 unspecified atom stereocenters. The highest BCUT2D eigenvalue weighted by atomic mass is 32.2. The van der Waals surface area contributed by atoms with Gasteiger partial charge in [-0.05, 0) is 37.1 Å². The van der Waals surface area contributed by atoms with Crippen LogP contribution >= 0.6 is 23.1 Å². The summed E-state index contributed by atoms with van der Waals surface area (Å²) in [6.07, 6.45) is 1.73. The van der Waals surface area contributed by atoms with Crippen LogP contribution in [-0.4, -0.2) is 55.4 Å². The van der Waals surface area contributed by atoms with E-state index in [1.165, 1.54) is 51.7 Å². The summed E-state index contributed by atoms with van der Waals surface area (Å²) in [6.45, 7) is 1.05. The lowest BCUT2D eigenvalue weighted by molar-refractivity contribution is -0.118. The Morgan fingerprint density at radius 2 is 1.74 bits per heavy atom. The van der Waals surface area contributed by atoms with Gasteiger partial charge in [0.25, 0.3) is 5.91 Å². The molecular formula is C23H24N4O4S3. The van der Waals surface area contributed by atoms with Crippen LogP contribution < -0.4 is 10.6 Å². The summed E-state index contributed by atoms with van der Waals surface area (Å²) in [5.41, 5.74) is 1.80. The Balaban J connectivity index is 1.54. The lowest BCUT2D eigenvalue weighted by atomic mass is 10.1. The van der Waals surface area contributed by atoms with Crippen LogP contribution in [0.25, 0.3) is 11.3 Å².